The van der Waals surface area contributed by atoms with E-state index in [-0.39, 0.29) is 11.6 Å². The molecule has 4 rings (SSSR count). The molecule has 118 valence electrons. The number of nitrogens with one attached hydrogen (secondary N) is 1. The van der Waals surface area contributed by atoms with E-state index < -0.39 is 11.4 Å². The average molecular weight is 314 g/mol. The van der Waals surface area contributed by atoms with Gasteiger partial charge in [-0.05, 0) is 19.3 Å². The SMILES string of the molecule is O=c1[nH]ncc2ccc(-c3cnn(C4CCCCO4)c3)c(F)c12. The van der Waals surface area contributed by atoms with E-state index in [0.29, 0.717) is 23.1 Å². The van der Waals surface area contributed by atoms with Gasteiger partial charge in [-0.3, -0.25) is 4.79 Å². The number of halogens is 1. The molecule has 2 aromatic heterocycles. The van der Waals surface area contributed by atoms with Crippen LogP contribution in [0.5, 0.6) is 0 Å². The summed E-state index contributed by atoms with van der Waals surface area (Å²) in [4.78, 5) is 11.8. The smallest absolute Gasteiger partial charge is 0.275 e. The first kappa shape index (κ1) is 14.1. The molecule has 3 heterocycles. The molecular weight excluding hydrogens is 299 g/mol. The standard InChI is InChI=1S/C16H15FN4O2/c17-15-12(5-4-10-7-18-20-16(22)14(10)15)11-8-19-21(9-11)13-3-1-2-6-23-13/h4-5,7-9,13H,1-3,6H2,(H,20,22). The van der Waals surface area contributed by atoms with E-state index in [2.05, 4.69) is 15.3 Å². The highest BCUT2D eigenvalue weighted by Gasteiger charge is 2.18. The van der Waals surface area contributed by atoms with Crippen molar-refractivity contribution in [1.29, 1.82) is 0 Å². The fourth-order valence-corrected chi connectivity index (χ4v) is 2.94. The zero-order valence-corrected chi connectivity index (χ0v) is 12.3. The summed E-state index contributed by atoms with van der Waals surface area (Å²) in [5.74, 6) is -0.560. The molecule has 0 aliphatic carbocycles. The van der Waals surface area contributed by atoms with Crippen LogP contribution in [0.1, 0.15) is 25.5 Å². The number of H-pyrrole nitrogens is 1. The van der Waals surface area contributed by atoms with E-state index in [0.717, 1.165) is 19.3 Å². The lowest BCUT2D eigenvalue weighted by molar-refractivity contribution is -0.0394. The summed E-state index contributed by atoms with van der Waals surface area (Å²) < 4.78 is 22.1. The van der Waals surface area contributed by atoms with E-state index >= 15 is 0 Å². The Kier molecular flexibility index (Phi) is 3.42. The number of hydrogen-bond acceptors (Lipinski definition) is 4. The van der Waals surface area contributed by atoms with Gasteiger partial charge in [0.05, 0.1) is 17.8 Å². The number of fused-ring (bicyclic) bond motifs is 1. The molecule has 0 saturated carbocycles. The molecule has 1 fully saturated rings. The van der Waals surface area contributed by atoms with Crippen LogP contribution in [-0.4, -0.2) is 26.6 Å². The van der Waals surface area contributed by atoms with Gasteiger partial charge < -0.3 is 4.74 Å². The Morgan fingerprint density at radius 1 is 1.30 bits per heavy atom. The quantitative estimate of drug-likeness (QED) is 0.789. The largest absolute Gasteiger partial charge is 0.357 e. The first-order valence-corrected chi connectivity index (χ1v) is 7.56. The zero-order chi connectivity index (χ0) is 15.8. The highest BCUT2D eigenvalue weighted by Crippen LogP contribution is 2.29. The Balaban J connectivity index is 1.77. The highest BCUT2D eigenvalue weighted by atomic mass is 19.1. The molecule has 0 radical (unpaired) electrons. The molecule has 23 heavy (non-hydrogen) atoms. The minimum Gasteiger partial charge on any atom is -0.357 e. The average Bonchev–Trinajstić information content (AvgIpc) is 3.06. The van der Waals surface area contributed by atoms with E-state index in [1.807, 2.05) is 0 Å². The number of nitrogens with zero attached hydrogens (tertiary/aromatic N) is 3. The number of ether oxygens (including phenoxy) is 1. The third-order valence-electron chi connectivity index (χ3n) is 4.13. The van der Waals surface area contributed by atoms with Gasteiger partial charge in [-0.15, -0.1) is 0 Å². The van der Waals surface area contributed by atoms with E-state index in [4.69, 9.17) is 4.74 Å². The summed E-state index contributed by atoms with van der Waals surface area (Å²) >= 11 is 0. The van der Waals surface area contributed by atoms with Gasteiger partial charge in [-0.1, -0.05) is 12.1 Å². The van der Waals surface area contributed by atoms with Crippen molar-refractivity contribution in [2.45, 2.75) is 25.5 Å². The van der Waals surface area contributed by atoms with Gasteiger partial charge in [0.2, 0.25) is 0 Å². The van der Waals surface area contributed by atoms with Crippen LogP contribution in [0.4, 0.5) is 4.39 Å². The van der Waals surface area contributed by atoms with E-state index in [1.54, 1.807) is 29.2 Å². The lowest BCUT2D eigenvalue weighted by atomic mass is 10.0. The topological polar surface area (TPSA) is 72.8 Å². The van der Waals surface area contributed by atoms with E-state index in [1.165, 1.54) is 6.20 Å². The summed E-state index contributed by atoms with van der Waals surface area (Å²) in [5, 5.41) is 10.7. The van der Waals surface area contributed by atoms with Gasteiger partial charge in [0.1, 0.15) is 12.0 Å². The maximum Gasteiger partial charge on any atom is 0.275 e. The van der Waals surface area contributed by atoms with Gasteiger partial charge in [0, 0.05) is 29.3 Å². The Hall–Kier alpha value is -2.54. The van der Waals surface area contributed by atoms with Crippen molar-refractivity contribution in [3.8, 4) is 11.1 Å². The lowest BCUT2D eigenvalue weighted by Gasteiger charge is -2.22. The molecule has 0 spiro atoms. The second kappa shape index (κ2) is 5.58. The van der Waals surface area contributed by atoms with Crippen molar-refractivity contribution < 1.29 is 9.13 Å². The van der Waals surface area contributed by atoms with Gasteiger partial charge in [-0.25, -0.2) is 14.2 Å². The van der Waals surface area contributed by atoms with Crippen molar-refractivity contribution in [3.63, 3.8) is 0 Å². The molecule has 1 atom stereocenters. The number of benzene rings is 1. The lowest BCUT2D eigenvalue weighted by Crippen LogP contribution is -2.18. The zero-order valence-electron chi connectivity index (χ0n) is 12.3. The van der Waals surface area contributed by atoms with Gasteiger partial charge >= 0.3 is 0 Å². The van der Waals surface area contributed by atoms with Gasteiger partial charge in [-0.2, -0.15) is 10.2 Å². The predicted molar refractivity (Wildman–Crippen MR) is 82.4 cm³/mol. The minimum absolute atomic E-state index is 0.0131. The first-order valence-electron chi connectivity index (χ1n) is 7.56. The molecule has 7 heteroatoms. The summed E-state index contributed by atoms with van der Waals surface area (Å²) in [6.45, 7) is 0.715. The number of aromatic amines is 1. The van der Waals surface area contributed by atoms with Crippen LogP contribution >= 0.6 is 0 Å². The summed E-state index contributed by atoms with van der Waals surface area (Å²) in [6, 6.07) is 3.33. The fraction of sp³-hybridized carbons (Fsp3) is 0.312. The number of aromatic nitrogens is 4. The van der Waals surface area contributed by atoms with Gasteiger partial charge in [0.15, 0.2) is 0 Å². The molecule has 1 aromatic carbocycles. The fourth-order valence-electron chi connectivity index (χ4n) is 2.94. The second-order valence-corrected chi connectivity index (χ2v) is 5.62. The molecule has 0 amide bonds. The Bertz CT molecular complexity index is 912. The number of rotatable bonds is 2. The summed E-state index contributed by atoms with van der Waals surface area (Å²) in [5.41, 5.74) is 0.427. The number of hydrogen-bond donors (Lipinski definition) is 1. The van der Waals surface area contributed by atoms with Crippen LogP contribution in [0.3, 0.4) is 0 Å². The van der Waals surface area contributed by atoms with Crippen molar-refractivity contribution in [3.05, 3.63) is 46.9 Å². The van der Waals surface area contributed by atoms with Crippen LogP contribution < -0.4 is 5.56 Å². The third-order valence-corrected chi connectivity index (χ3v) is 4.13. The van der Waals surface area contributed by atoms with Crippen LogP contribution in [0.2, 0.25) is 0 Å². The highest BCUT2D eigenvalue weighted by molar-refractivity contribution is 5.86. The van der Waals surface area contributed by atoms with Gasteiger partial charge in [0.25, 0.3) is 5.56 Å². The molecular formula is C16H15FN4O2. The Morgan fingerprint density at radius 3 is 3.04 bits per heavy atom. The molecule has 6 nitrogen and oxygen atoms in total. The summed E-state index contributed by atoms with van der Waals surface area (Å²) in [6.07, 6.45) is 7.73. The first-order chi connectivity index (χ1) is 11.2. The van der Waals surface area contributed by atoms with Crippen molar-refractivity contribution >= 4 is 10.8 Å². The Morgan fingerprint density at radius 2 is 2.22 bits per heavy atom. The molecule has 1 saturated heterocycles. The van der Waals surface area contributed by atoms with Crippen LogP contribution in [0.15, 0.2) is 35.5 Å². The van der Waals surface area contributed by atoms with Crippen LogP contribution in [-0.2, 0) is 4.74 Å². The maximum atomic E-state index is 14.8. The normalized spacial score (nSPS) is 18.4. The maximum absolute atomic E-state index is 14.8. The third kappa shape index (κ3) is 2.43. The predicted octanol–water partition coefficient (Wildman–Crippen LogP) is 2.62. The molecule has 1 aliphatic rings. The molecule has 0 bridgehead atoms. The monoisotopic (exact) mass is 314 g/mol. The van der Waals surface area contributed by atoms with Crippen molar-refractivity contribution in [2.75, 3.05) is 6.61 Å². The molecule has 1 aliphatic heterocycles. The van der Waals surface area contributed by atoms with E-state index in [9.17, 15) is 9.18 Å². The molecule has 1 unspecified atom stereocenters. The minimum atomic E-state index is -0.560. The van der Waals surface area contributed by atoms with Crippen molar-refractivity contribution in [1.82, 2.24) is 20.0 Å². The Labute approximate surface area is 130 Å². The van der Waals surface area contributed by atoms with Crippen molar-refractivity contribution in [2.24, 2.45) is 0 Å². The van der Waals surface area contributed by atoms with Crippen LogP contribution in [0.25, 0.3) is 21.9 Å². The molecule has 1 N–H and O–H groups in total. The summed E-state index contributed by atoms with van der Waals surface area (Å²) in [7, 11) is 0. The van der Waals surface area contributed by atoms with Crippen LogP contribution in [0, 0.1) is 5.82 Å². The molecule has 3 aromatic rings. The second-order valence-electron chi connectivity index (χ2n) is 5.62.